The Morgan fingerprint density at radius 1 is 1.12 bits per heavy atom. The summed E-state index contributed by atoms with van der Waals surface area (Å²) in [5.74, 6) is -2.15. The summed E-state index contributed by atoms with van der Waals surface area (Å²) in [5.41, 5.74) is 3.06. The molecule has 174 valence electrons. The Bertz CT molecular complexity index is 1040. The van der Waals surface area contributed by atoms with E-state index in [-0.39, 0.29) is 19.1 Å². The zero-order valence-corrected chi connectivity index (χ0v) is 18.4. The van der Waals surface area contributed by atoms with E-state index in [2.05, 4.69) is 5.32 Å². The highest BCUT2D eigenvalue weighted by Gasteiger charge is 2.49. The average Bonchev–Trinajstić information content (AvgIpc) is 3.29. The van der Waals surface area contributed by atoms with Gasteiger partial charge >= 0.3 is 12.1 Å². The van der Waals surface area contributed by atoms with E-state index in [1.54, 1.807) is 13.8 Å². The maximum atomic E-state index is 13.0. The van der Waals surface area contributed by atoms with Crippen LogP contribution in [0.25, 0.3) is 11.1 Å². The molecule has 2 amide bonds. The van der Waals surface area contributed by atoms with Gasteiger partial charge in [0, 0.05) is 5.92 Å². The molecule has 2 aromatic carbocycles. The Labute approximate surface area is 190 Å². The number of hydrogen-bond donors (Lipinski definition) is 3. The molecule has 9 heteroatoms. The fourth-order valence-electron chi connectivity index (χ4n) is 4.54. The molecule has 1 fully saturated rings. The lowest BCUT2D eigenvalue weighted by Gasteiger charge is -2.34. The summed E-state index contributed by atoms with van der Waals surface area (Å²) >= 11 is 0. The number of amides is 2. The molecule has 0 radical (unpaired) electrons. The molecule has 1 saturated heterocycles. The molecule has 1 aliphatic heterocycles. The summed E-state index contributed by atoms with van der Waals surface area (Å²) in [7, 11) is 0. The SMILES string of the molecule is CC1(C)OC[C@@H](C(=O)O)N1C(=O)[C@H](CO)NC(=O)OCC1c2ccccc2-c2ccccc21. The number of rotatable bonds is 6. The number of carboxylic acids is 1. The first-order valence-corrected chi connectivity index (χ1v) is 10.7. The van der Waals surface area contributed by atoms with E-state index in [0.717, 1.165) is 27.2 Å². The van der Waals surface area contributed by atoms with E-state index in [1.165, 1.54) is 0 Å². The topological polar surface area (TPSA) is 125 Å². The molecule has 0 aromatic heterocycles. The minimum atomic E-state index is -1.37. The van der Waals surface area contributed by atoms with Gasteiger partial charge in [-0.3, -0.25) is 9.69 Å². The van der Waals surface area contributed by atoms with Crippen molar-refractivity contribution in [1.29, 1.82) is 0 Å². The van der Waals surface area contributed by atoms with Gasteiger partial charge in [-0.1, -0.05) is 48.5 Å². The summed E-state index contributed by atoms with van der Waals surface area (Å²) in [6, 6.07) is 13.2. The second-order valence-corrected chi connectivity index (χ2v) is 8.53. The number of aliphatic hydroxyl groups is 1. The van der Waals surface area contributed by atoms with E-state index < -0.39 is 42.4 Å². The molecule has 4 rings (SSSR count). The Kier molecular flexibility index (Phi) is 6.09. The molecule has 3 N–H and O–H groups in total. The molecular formula is C24H26N2O7. The van der Waals surface area contributed by atoms with Crippen LogP contribution in [-0.2, 0) is 19.1 Å². The van der Waals surface area contributed by atoms with Gasteiger partial charge in [-0.2, -0.15) is 0 Å². The first kappa shape index (κ1) is 22.8. The lowest BCUT2D eigenvalue weighted by molar-refractivity contribution is -0.157. The van der Waals surface area contributed by atoms with Crippen molar-refractivity contribution < 1.29 is 34.1 Å². The summed E-state index contributed by atoms with van der Waals surface area (Å²) in [6.45, 7) is 2.24. The number of carbonyl (C=O) groups excluding carboxylic acids is 2. The second kappa shape index (κ2) is 8.84. The van der Waals surface area contributed by atoms with Crippen molar-refractivity contribution in [2.24, 2.45) is 0 Å². The van der Waals surface area contributed by atoms with Crippen molar-refractivity contribution in [3.05, 3.63) is 59.7 Å². The van der Waals surface area contributed by atoms with Gasteiger partial charge in [-0.25, -0.2) is 9.59 Å². The maximum absolute atomic E-state index is 13.0. The predicted molar refractivity (Wildman–Crippen MR) is 117 cm³/mol. The zero-order chi connectivity index (χ0) is 23.8. The van der Waals surface area contributed by atoms with Crippen molar-refractivity contribution in [3.63, 3.8) is 0 Å². The van der Waals surface area contributed by atoms with E-state index >= 15 is 0 Å². The molecule has 0 bridgehead atoms. The van der Waals surface area contributed by atoms with Gasteiger partial charge < -0.3 is 25.0 Å². The van der Waals surface area contributed by atoms with Crippen LogP contribution in [0.15, 0.2) is 48.5 Å². The normalized spacial score (nSPS) is 19.5. The minimum Gasteiger partial charge on any atom is -0.480 e. The molecule has 1 aliphatic carbocycles. The van der Waals surface area contributed by atoms with Crippen LogP contribution < -0.4 is 5.32 Å². The number of nitrogens with zero attached hydrogens (tertiary/aromatic N) is 1. The molecule has 33 heavy (non-hydrogen) atoms. The van der Waals surface area contributed by atoms with Gasteiger partial charge in [0.1, 0.15) is 18.4 Å². The summed E-state index contributed by atoms with van der Waals surface area (Å²) < 4.78 is 10.9. The van der Waals surface area contributed by atoms with Crippen LogP contribution in [0.2, 0.25) is 0 Å². The van der Waals surface area contributed by atoms with Gasteiger partial charge in [0.2, 0.25) is 0 Å². The van der Waals surface area contributed by atoms with Crippen LogP contribution in [0.5, 0.6) is 0 Å². The van der Waals surface area contributed by atoms with Gasteiger partial charge in [0.15, 0.2) is 6.04 Å². The number of fused-ring (bicyclic) bond motifs is 3. The first-order valence-electron chi connectivity index (χ1n) is 10.7. The lowest BCUT2D eigenvalue weighted by Crippen LogP contribution is -2.58. The number of hydrogen-bond acceptors (Lipinski definition) is 6. The van der Waals surface area contributed by atoms with Gasteiger partial charge in [-0.15, -0.1) is 0 Å². The Balaban J connectivity index is 1.44. The summed E-state index contributed by atoms with van der Waals surface area (Å²) in [5, 5.41) is 21.5. The van der Waals surface area contributed by atoms with Crippen molar-refractivity contribution in [2.45, 2.75) is 37.6 Å². The third-order valence-corrected chi connectivity index (χ3v) is 6.13. The van der Waals surface area contributed by atoms with E-state index in [4.69, 9.17) is 9.47 Å². The molecule has 9 nitrogen and oxygen atoms in total. The van der Waals surface area contributed by atoms with Crippen LogP contribution >= 0.6 is 0 Å². The van der Waals surface area contributed by atoms with E-state index in [9.17, 15) is 24.6 Å². The largest absolute Gasteiger partial charge is 0.480 e. The molecule has 0 unspecified atom stereocenters. The number of aliphatic hydroxyl groups excluding tert-OH is 1. The fourth-order valence-corrected chi connectivity index (χ4v) is 4.54. The van der Waals surface area contributed by atoms with Crippen molar-refractivity contribution in [1.82, 2.24) is 10.2 Å². The number of carboxylic acid groups (broad SMARTS) is 1. The van der Waals surface area contributed by atoms with Crippen LogP contribution in [0.4, 0.5) is 4.79 Å². The molecule has 2 atom stereocenters. The third kappa shape index (κ3) is 4.17. The molecule has 2 aromatic rings. The second-order valence-electron chi connectivity index (χ2n) is 8.53. The fraction of sp³-hybridized carbons (Fsp3) is 0.375. The maximum Gasteiger partial charge on any atom is 0.407 e. The number of carbonyl (C=O) groups is 3. The number of alkyl carbamates (subject to hydrolysis) is 1. The van der Waals surface area contributed by atoms with Crippen molar-refractivity contribution in [3.8, 4) is 11.1 Å². The molecule has 0 saturated carbocycles. The third-order valence-electron chi connectivity index (χ3n) is 6.13. The van der Waals surface area contributed by atoms with Gasteiger partial charge in [-0.05, 0) is 36.1 Å². The first-order chi connectivity index (χ1) is 15.7. The average molecular weight is 454 g/mol. The lowest BCUT2D eigenvalue weighted by atomic mass is 9.98. The Morgan fingerprint density at radius 2 is 1.70 bits per heavy atom. The summed E-state index contributed by atoms with van der Waals surface area (Å²) in [6.07, 6.45) is -0.881. The zero-order valence-electron chi connectivity index (χ0n) is 18.4. The minimum absolute atomic E-state index is 0.0439. The van der Waals surface area contributed by atoms with Crippen LogP contribution in [-0.4, -0.2) is 70.7 Å². The highest BCUT2D eigenvalue weighted by Crippen LogP contribution is 2.44. The smallest absolute Gasteiger partial charge is 0.407 e. The number of aliphatic carboxylic acids is 1. The standard InChI is InChI=1S/C24H26N2O7/c1-24(2)26(20(13-33-24)22(29)30)21(28)19(11-27)25-23(31)32-12-18-16-9-5-3-7-14(16)15-8-4-6-10-17(15)18/h3-10,18-20,27H,11-13H2,1-2H3,(H,25,31)(H,29,30)/t19-,20-/m0/s1. The highest BCUT2D eigenvalue weighted by molar-refractivity contribution is 5.90. The molecule has 0 spiro atoms. The van der Waals surface area contributed by atoms with Crippen LogP contribution in [0, 0.1) is 0 Å². The van der Waals surface area contributed by atoms with E-state index in [1.807, 2.05) is 48.5 Å². The molecular weight excluding hydrogens is 428 g/mol. The van der Waals surface area contributed by atoms with E-state index in [0.29, 0.717) is 0 Å². The quantitative estimate of drug-likeness (QED) is 0.609. The van der Waals surface area contributed by atoms with Crippen molar-refractivity contribution in [2.75, 3.05) is 19.8 Å². The molecule has 2 aliphatic rings. The highest BCUT2D eigenvalue weighted by atomic mass is 16.6. The Hall–Kier alpha value is -3.43. The monoisotopic (exact) mass is 454 g/mol. The summed E-state index contributed by atoms with van der Waals surface area (Å²) in [4.78, 5) is 38.1. The number of nitrogens with one attached hydrogen (secondary N) is 1. The number of benzene rings is 2. The van der Waals surface area contributed by atoms with Gasteiger partial charge in [0.25, 0.3) is 5.91 Å². The predicted octanol–water partition coefficient (Wildman–Crippen LogP) is 1.93. The molecule has 1 heterocycles. The van der Waals surface area contributed by atoms with Crippen LogP contribution in [0.1, 0.15) is 30.9 Å². The van der Waals surface area contributed by atoms with Gasteiger partial charge in [0.05, 0.1) is 13.2 Å². The Morgan fingerprint density at radius 3 is 2.24 bits per heavy atom. The van der Waals surface area contributed by atoms with Crippen molar-refractivity contribution >= 4 is 18.0 Å². The van der Waals surface area contributed by atoms with Crippen LogP contribution in [0.3, 0.4) is 0 Å². The number of ether oxygens (including phenoxy) is 2.